The number of rotatable bonds is 3. The number of aromatic nitrogens is 1. The van der Waals surface area contributed by atoms with Crippen LogP contribution < -0.4 is 5.56 Å². The van der Waals surface area contributed by atoms with E-state index in [0.717, 1.165) is 12.1 Å². The number of hydrogen-bond donors (Lipinski definition) is 3. The SMILES string of the molecule is Cc1c(C#N)c(O)[nH]c(=O)c1N=Nc1ccc(S(=O)(=O)O)cc1. The van der Waals surface area contributed by atoms with Crippen LogP contribution in [0.5, 0.6) is 5.88 Å². The van der Waals surface area contributed by atoms with Gasteiger partial charge >= 0.3 is 0 Å². The van der Waals surface area contributed by atoms with Crippen LogP contribution in [-0.4, -0.2) is 23.1 Å². The van der Waals surface area contributed by atoms with Gasteiger partial charge in [0, 0.05) is 5.56 Å². The van der Waals surface area contributed by atoms with Crippen LogP contribution in [-0.2, 0) is 10.1 Å². The fraction of sp³-hybridized carbons (Fsp3) is 0.0769. The predicted molar refractivity (Wildman–Crippen MR) is 78.6 cm³/mol. The van der Waals surface area contributed by atoms with E-state index >= 15 is 0 Å². The normalized spacial score (nSPS) is 11.5. The molecule has 0 spiro atoms. The lowest BCUT2D eigenvalue weighted by Gasteiger charge is -2.02. The van der Waals surface area contributed by atoms with Crippen LogP contribution in [0, 0.1) is 18.3 Å². The lowest BCUT2D eigenvalue weighted by Crippen LogP contribution is -2.08. The fourth-order valence-corrected chi connectivity index (χ4v) is 2.23. The van der Waals surface area contributed by atoms with Crippen LogP contribution in [0.25, 0.3) is 0 Å². The van der Waals surface area contributed by atoms with Gasteiger partial charge in [-0.2, -0.15) is 18.8 Å². The van der Waals surface area contributed by atoms with Crippen molar-refractivity contribution in [1.29, 1.82) is 5.26 Å². The maximum atomic E-state index is 11.7. The summed E-state index contributed by atoms with van der Waals surface area (Å²) in [6.45, 7) is 1.43. The molecule has 118 valence electrons. The fourth-order valence-electron chi connectivity index (χ4n) is 1.75. The Balaban J connectivity index is 2.42. The Morgan fingerprint density at radius 1 is 1.22 bits per heavy atom. The summed E-state index contributed by atoms with van der Waals surface area (Å²) in [6.07, 6.45) is 0. The highest BCUT2D eigenvalue weighted by atomic mass is 32.2. The summed E-state index contributed by atoms with van der Waals surface area (Å²) < 4.78 is 30.7. The van der Waals surface area contributed by atoms with Crippen molar-refractivity contribution >= 4 is 21.5 Å². The molecule has 0 saturated carbocycles. The Bertz CT molecular complexity index is 985. The molecule has 1 heterocycles. The molecule has 0 amide bonds. The number of aromatic amines is 1. The van der Waals surface area contributed by atoms with E-state index < -0.39 is 21.6 Å². The van der Waals surface area contributed by atoms with Gasteiger partial charge in [0.15, 0.2) is 5.69 Å². The summed E-state index contributed by atoms with van der Waals surface area (Å²) >= 11 is 0. The summed E-state index contributed by atoms with van der Waals surface area (Å²) in [6, 6.07) is 6.54. The summed E-state index contributed by atoms with van der Waals surface area (Å²) in [4.78, 5) is 13.5. The number of nitrogens with zero attached hydrogens (tertiary/aromatic N) is 3. The number of azo groups is 1. The number of aromatic hydroxyl groups is 1. The highest BCUT2D eigenvalue weighted by Crippen LogP contribution is 2.25. The maximum absolute atomic E-state index is 11.7. The van der Waals surface area contributed by atoms with Gasteiger partial charge in [-0.05, 0) is 31.2 Å². The van der Waals surface area contributed by atoms with Crippen LogP contribution in [0.2, 0.25) is 0 Å². The van der Waals surface area contributed by atoms with Crippen molar-refractivity contribution in [2.45, 2.75) is 11.8 Å². The van der Waals surface area contributed by atoms with Crippen LogP contribution in [0.4, 0.5) is 11.4 Å². The third-order valence-electron chi connectivity index (χ3n) is 2.93. The number of benzene rings is 1. The molecule has 1 aromatic heterocycles. The van der Waals surface area contributed by atoms with Gasteiger partial charge < -0.3 is 5.11 Å². The summed E-state index contributed by atoms with van der Waals surface area (Å²) in [7, 11) is -4.31. The van der Waals surface area contributed by atoms with E-state index in [4.69, 9.17) is 9.81 Å². The zero-order valence-electron chi connectivity index (χ0n) is 11.7. The minimum absolute atomic E-state index is 0.125. The van der Waals surface area contributed by atoms with Gasteiger partial charge in [0.05, 0.1) is 10.6 Å². The van der Waals surface area contributed by atoms with Gasteiger partial charge in [-0.1, -0.05) is 0 Å². The topological polar surface area (TPSA) is 156 Å². The van der Waals surface area contributed by atoms with E-state index in [1.54, 1.807) is 6.07 Å². The number of nitriles is 1. The molecule has 0 aliphatic rings. The molecule has 0 radical (unpaired) electrons. The average Bonchev–Trinajstić information content (AvgIpc) is 2.46. The van der Waals surface area contributed by atoms with Gasteiger partial charge in [0.2, 0.25) is 5.88 Å². The lowest BCUT2D eigenvalue weighted by atomic mass is 10.1. The Morgan fingerprint density at radius 2 is 1.83 bits per heavy atom. The van der Waals surface area contributed by atoms with E-state index in [-0.39, 0.29) is 27.4 Å². The molecule has 0 saturated heterocycles. The predicted octanol–water partition coefficient (Wildman–Crippen LogP) is 1.92. The number of pyridine rings is 1. The number of H-pyrrole nitrogens is 1. The van der Waals surface area contributed by atoms with E-state index in [2.05, 4.69) is 15.2 Å². The monoisotopic (exact) mass is 334 g/mol. The van der Waals surface area contributed by atoms with Crippen LogP contribution in [0.15, 0.2) is 44.2 Å². The summed E-state index contributed by atoms with van der Waals surface area (Å²) in [5.74, 6) is -0.550. The van der Waals surface area contributed by atoms with Crippen LogP contribution >= 0.6 is 0 Å². The van der Waals surface area contributed by atoms with Crippen molar-refractivity contribution in [2.75, 3.05) is 0 Å². The Kier molecular flexibility index (Phi) is 4.26. The van der Waals surface area contributed by atoms with Crippen LogP contribution in [0.3, 0.4) is 0 Å². The third kappa shape index (κ3) is 3.42. The molecule has 2 aromatic rings. The largest absolute Gasteiger partial charge is 0.494 e. The molecular formula is C13H10N4O5S. The highest BCUT2D eigenvalue weighted by Gasteiger charge is 2.13. The number of hydrogen-bond acceptors (Lipinski definition) is 7. The van der Waals surface area contributed by atoms with E-state index in [1.165, 1.54) is 19.1 Å². The molecule has 0 fully saturated rings. The highest BCUT2D eigenvalue weighted by molar-refractivity contribution is 7.85. The van der Waals surface area contributed by atoms with E-state index in [9.17, 15) is 18.3 Å². The molecule has 0 atom stereocenters. The second-order valence-corrected chi connectivity index (χ2v) is 5.85. The van der Waals surface area contributed by atoms with Gasteiger partial charge in [-0.15, -0.1) is 5.11 Å². The first kappa shape index (κ1) is 16.3. The first-order valence-electron chi connectivity index (χ1n) is 6.09. The molecule has 10 heteroatoms. The van der Waals surface area contributed by atoms with Crippen molar-refractivity contribution in [1.82, 2.24) is 4.98 Å². The summed E-state index contributed by atoms with van der Waals surface area (Å²) in [5.41, 5.74) is -0.620. The first-order valence-corrected chi connectivity index (χ1v) is 7.53. The third-order valence-corrected chi connectivity index (χ3v) is 3.79. The molecular weight excluding hydrogens is 324 g/mol. The quantitative estimate of drug-likeness (QED) is 0.575. The Labute approximate surface area is 130 Å². The molecule has 0 aliphatic carbocycles. The molecule has 3 N–H and O–H groups in total. The maximum Gasteiger partial charge on any atom is 0.294 e. The zero-order chi connectivity index (χ0) is 17.2. The zero-order valence-corrected chi connectivity index (χ0v) is 12.5. The molecule has 0 bridgehead atoms. The lowest BCUT2D eigenvalue weighted by molar-refractivity contribution is 0.449. The van der Waals surface area contributed by atoms with E-state index in [1.807, 2.05) is 0 Å². The van der Waals surface area contributed by atoms with Crippen molar-refractivity contribution < 1.29 is 18.1 Å². The molecule has 0 aliphatic heterocycles. The summed E-state index contributed by atoms with van der Waals surface area (Å²) in [5, 5.41) is 25.9. The van der Waals surface area contributed by atoms with Crippen molar-refractivity contribution in [2.24, 2.45) is 10.2 Å². The molecule has 0 unspecified atom stereocenters. The smallest absolute Gasteiger partial charge is 0.294 e. The van der Waals surface area contributed by atoms with Gasteiger partial charge in [0.1, 0.15) is 11.6 Å². The van der Waals surface area contributed by atoms with Crippen LogP contribution in [0.1, 0.15) is 11.1 Å². The first-order chi connectivity index (χ1) is 10.7. The molecule has 9 nitrogen and oxygen atoms in total. The minimum atomic E-state index is -4.31. The van der Waals surface area contributed by atoms with Crippen molar-refractivity contribution in [3.05, 3.63) is 45.7 Å². The Morgan fingerprint density at radius 3 is 2.35 bits per heavy atom. The Hall–Kier alpha value is -3.03. The minimum Gasteiger partial charge on any atom is -0.494 e. The van der Waals surface area contributed by atoms with Gasteiger partial charge in [-0.3, -0.25) is 14.3 Å². The standard InChI is InChI=1S/C13H10N4O5S/c1-7-10(6-14)12(18)15-13(19)11(7)17-16-8-2-4-9(5-3-8)23(20,21)22/h2-5H,1H3,(H2,15,18,19)(H,20,21,22). The second-order valence-electron chi connectivity index (χ2n) is 4.43. The number of nitrogens with one attached hydrogen (secondary N) is 1. The molecule has 23 heavy (non-hydrogen) atoms. The van der Waals surface area contributed by atoms with Crippen molar-refractivity contribution in [3.63, 3.8) is 0 Å². The van der Waals surface area contributed by atoms with Gasteiger partial charge in [-0.25, -0.2) is 0 Å². The van der Waals surface area contributed by atoms with E-state index in [0.29, 0.717) is 0 Å². The van der Waals surface area contributed by atoms with Gasteiger partial charge in [0.25, 0.3) is 15.7 Å². The average molecular weight is 334 g/mol. The molecule has 2 rings (SSSR count). The molecule has 1 aromatic carbocycles. The second kappa shape index (κ2) is 5.99. The van der Waals surface area contributed by atoms with Crippen molar-refractivity contribution in [3.8, 4) is 11.9 Å².